The van der Waals surface area contributed by atoms with Gasteiger partial charge in [0.1, 0.15) is 5.78 Å². The molecule has 0 heterocycles. The number of allylic oxidation sites excluding steroid dienone is 1. The molecule has 0 aromatic rings. The Balaban J connectivity index is 2.68. The Kier molecular flexibility index (Phi) is 3.44. The summed E-state index contributed by atoms with van der Waals surface area (Å²) in [7, 11) is 1.33. The summed E-state index contributed by atoms with van der Waals surface area (Å²) in [5.41, 5.74) is -0.452. The Hall–Kier alpha value is -1.12. The predicted molar refractivity (Wildman–Crippen MR) is 52.7 cm³/mol. The molecule has 1 aliphatic rings. The van der Waals surface area contributed by atoms with Crippen LogP contribution in [0.25, 0.3) is 0 Å². The molecule has 14 heavy (non-hydrogen) atoms. The maximum atomic E-state index is 11.6. The van der Waals surface area contributed by atoms with Crippen LogP contribution in [0.5, 0.6) is 0 Å². The van der Waals surface area contributed by atoms with E-state index >= 15 is 0 Å². The molecule has 1 fully saturated rings. The van der Waals surface area contributed by atoms with E-state index in [0.29, 0.717) is 6.42 Å². The summed E-state index contributed by atoms with van der Waals surface area (Å²) in [5.74, 6) is -0.173. The van der Waals surface area contributed by atoms with Crippen molar-refractivity contribution in [2.45, 2.75) is 32.6 Å². The van der Waals surface area contributed by atoms with Gasteiger partial charge in [0.2, 0.25) is 0 Å². The van der Waals surface area contributed by atoms with E-state index in [2.05, 4.69) is 4.74 Å². The molecular formula is C11H16O3. The van der Waals surface area contributed by atoms with Crippen LogP contribution in [0.15, 0.2) is 12.2 Å². The number of methoxy groups -OCH3 is 1. The summed E-state index contributed by atoms with van der Waals surface area (Å²) in [6.45, 7) is 1.88. The fourth-order valence-corrected chi connectivity index (χ4v) is 1.70. The summed E-state index contributed by atoms with van der Waals surface area (Å²) < 4.78 is 4.48. The lowest BCUT2D eigenvalue weighted by Gasteiger charge is -2.28. The molecule has 1 atom stereocenters. The van der Waals surface area contributed by atoms with Crippen LogP contribution in [0.1, 0.15) is 32.6 Å². The standard InChI is InChI=1S/C11H16O3/c1-11(8-6-10(13)14-2)7-4-3-5-9(11)12/h6,8H,3-5,7H2,1-2H3/b8-6-/t11-/m0/s1. The lowest BCUT2D eigenvalue weighted by atomic mass is 9.74. The average molecular weight is 196 g/mol. The van der Waals surface area contributed by atoms with Gasteiger partial charge >= 0.3 is 5.97 Å². The Morgan fingerprint density at radius 1 is 1.50 bits per heavy atom. The van der Waals surface area contributed by atoms with Crippen LogP contribution in [0.4, 0.5) is 0 Å². The van der Waals surface area contributed by atoms with Gasteiger partial charge in [0.05, 0.1) is 7.11 Å². The van der Waals surface area contributed by atoms with Crippen LogP contribution in [0, 0.1) is 5.41 Å². The molecule has 0 spiro atoms. The number of carbonyl (C=O) groups excluding carboxylic acids is 2. The first-order chi connectivity index (χ1) is 6.58. The Bertz CT molecular complexity index is 268. The topological polar surface area (TPSA) is 43.4 Å². The third-order valence-electron chi connectivity index (χ3n) is 2.78. The first-order valence-corrected chi connectivity index (χ1v) is 4.89. The van der Waals surface area contributed by atoms with E-state index in [-0.39, 0.29) is 5.78 Å². The van der Waals surface area contributed by atoms with Crippen molar-refractivity contribution in [3.8, 4) is 0 Å². The number of ketones is 1. The van der Waals surface area contributed by atoms with E-state index in [9.17, 15) is 9.59 Å². The van der Waals surface area contributed by atoms with Crippen molar-refractivity contribution in [3.63, 3.8) is 0 Å². The second-order valence-corrected chi connectivity index (χ2v) is 3.90. The Morgan fingerprint density at radius 2 is 2.21 bits per heavy atom. The van der Waals surface area contributed by atoms with Gasteiger partial charge < -0.3 is 4.74 Å². The van der Waals surface area contributed by atoms with Crippen molar-refractivity contribution in [2.75, 3.05) is 7.11 Å². The Morgan fingerprint density at radius 3 is 2.79 bits per heavy atom. The molecule has 0 aromatic carbocycles. The smallest absolute Gasteiger partial charge is 0.330 e. The molecule has 3 nitrogen and oxygen atoms in total. The normalized spacial score (nSPS) is 28.0. The maximum absolute atomic E-state index is 11.6. The van der Waals surface area contributed by atoms with E-state index in [1.165, 1.54) is 13.2 Å². The fourth-order valence-electron chi connectivity index (χ4n) is 1.70. The minimum absolute atomic E-state index is 0.226. The predicted octanol–water partition coefficient (Wildman–Crippen LogP) is 1.86. The number of rotatable bonds is 2. The molecule has 0 aliphatic heterocycles. The summed E-state index contributed by atoms with van der Waals surface area (Å²) >= 11 is 0. The average Bonchev–Trinajstić information content (AvgIpc) is 2.19. The molecule has 0 N–H and O–H groups in total. The minimum atomic E-state index is -0.452. The monoisotopic (exact) mass is 196 g/mol. The molecule has 0 aromatic heterocycles. The summed E-state index contributed by atoms with van der Waals surface area (Å²) in [6, 6.07) is 0. The van der Waals surface area contributed by atoms with E-state index < -0.39 is 11.4 Å². The van der Waals surface area contributed by atoms with Gasteiger partial charge in [-0.05, 0) is 19.8 Å². The first kappa shape index (κ1) is 11.0. The molecule has 1 rings (SSSR count). The number of Topliss-reactive ketones (excluding diaryl/α,β-unsaturated/α-hetero) is 1. The van der Waals surface area contributed by atoms with Gasteiger partial charge in [0.15, 0.2) is 0 Å². The fraction of sp³-hybridized carbons (Fsp3) is 0.636. The van der Waals surface area contributed by atoms with Gasteiger partial charge in [-0.3, -0.25) is 4.79 Å². The van der Waals surface area contributed by atoms with Gasteiger partial charge in [0, 0.05) is 17.9 Å². The third kappa shape index (κ3) is 2.44. The molecule has 3 heteroatoms. The largest absolute Gasteiger partial charge is 0.466 e. The number of carbonyl (C=O) groups is 2. The number of hydrogen-bond acceptors (Lipinski definition) is 3. The highest BCUT2D eigenvalue weighted by atomic mass is 16.5. The van der Waals surface area contributed by atoms with Crippen LogP contribution in [-0.2, 0) is 14.3 Å². The van der Waals surface area contributed by atoms with Crippen molar-refractivity contribution >= 4 is 11.8 Å². The van der Waals surface area contributed by atoms with E-state index in [1.54, 1.807) is 6.08 Å². The zero-order valence-corrected chi connectivity index (χ0v) is 8.71. The highest BCUT2D eigenvalue weighted by Gasteiger charge is 2.32. The van der Waals surface area contributed by atoms with Gasteiger partial charge in [-0.15, -0.1) is 0 Å². The molecule has 78 valence electrons. The second-order valence-electron chi connectivity index (χ2n) is 3.90. The first-order valence-electron chi connectivity index (χ1n) is 4.89. The third-order valence-corrected chi connectivity index (χ3v) is 2.78. The van der Waals surface area contributed by atoms with Gasteiger partial charge in [-0.25, -0.2) is 4.79 Å². The Labute approximate surface area is 84.1 Å². The van der Waals surface area contributed by atoms with Crippen LogP contribution >= 0.6 is 0 Å². The summed E-state index contributed by atoms with van der Waals surface area (Å²) in [5, 5.41) is 0. The zero-order chi connectivity index (χ0) is 10.6. The molecule has 1 aliphatic carbocycles. The van der Waals surface area contributed by atoms with Crippen molar-refractivity contribution in [1.82, 2.24) is 0 Å². The summed E-state index contributed by atoms with van der Waals surface area (Å²) in [6.07, 6.45) is 6.51. The highest BCUT2D eigenvalue weighted by molar-refractivity contribution is 5.89. The van der Waals surface area contributed by atoms with E-state index in [1.807, 2.05) is 6.92 Å². The molecular weight excluding hydrogens is 180 g/mol. The van der Waals surface area contributed by atoms with Gasteiger partial charge in [-0.1, -0.05) is 12.5 Å². The van der Waals surface area contributed by atoms with Crippen LogP contribution in [0.2, 0.25) is 0 Å². The summed E-state index contributed by atoms with van der Waals surface area (Å²) in [4.78, 5) is 22.5. The zero-order valence-electron chi connectivity index (χ0n) is 8.71. The van der Waals surface area contributed by atoms with Crippen LogP contribution < -0.4 is 0 Å². The molecule has 0 unspecified atom stereocenters. The number of hydrogen-bond donors (Lipinski definition) is 0. The number of esters is 1. The number of ether oxygens (including phenoxy) is 1. The molecule has 0 amide bonds. The quantitative estimate of drug-likeness (QED) is 0.500. The van der Waals surface area contributed by atoms with Gasteiger partial charge in [-0.2, -0.15) is 0 Å². The highest BCUT2D eigenvalue weighted by Crippen LogP contribution is 2.33. The molecule has 1 saturated carbocycles. The van der Waals surface area contributed by atoms with Crippen molar-refractivity contribution in [2.24, 2.45) is 5.41 Å². The van der Waals surface area contributed by atoms with Crippen LogP contribution in [-0.4, -0.2) is 18.9 Å². The lowest BCUT2D eigenvalue weighted by molar-refractivity contribution is -0.134. The van der Waals surface area contributed by atoms with E-state index in [4.69, 9.17) is 0 Å². The van der Waals surface area contributed by atoms with Crippen molar-refractivity contribution in [3.05, 3.63) is 12.2 Å². The molecule has 0 radical (unpaired) electrons. The SMILES string of the molecule is COC(=O)/C=C\[C@]1(C)CCCCC1=O. The second kappa shape index (κ2) is 4.40. The molecule has 0 saturated heterocycles. The van der Waals surface area contributed by atoms with Crippen molar-refractivity contribution < 1.29 is 14.3 Å². The maximum Gasteiger partial charge on any atom is 0.330 e. The lowest BCUT2D eigenvalue weighted by Crippen LogP contribution is -2.29. The molecule has 0 bridgehead atoms. The van der Waals surface area contributed by atoms with Gasteiger partial charge in [0.25, 0.3) is 0 Å². The minimum Gasteiger partial charge on any atom is -0.466 e. The van der Waals surface area contributed by atoms with Crippen LogP contribution in [0.3, 0.4) is 0 Å². The van der Waals surface area contributed by atoms with Crippen molar-refractivity contribution in [1.29, 1.82) is 0 Å². The van der Waals surface area contributed by atoms with E-state index in [0.717, 1.165) is 19.3 Å².